The van der Waals surface area contributed by atoms with Gasteiger partial charge >= 0.3 is 0 Å². The largest absolute Gasteiger partial charge is 0.497 e. The molecule has 0 aliphatic carbocycles. The van der Waals surface area contributed by atoms with E-state index >= 15 is 4.39 Å². The predicted octanol–water partition coefficient (Wildman–Crippen LogP) is 2.80. The van der Waals surface area contributed by atoms with Crippen LogP contribution in [0.25, 0.3) is 33.3 Å². The summed E-state index contributed by atoms with van der Waals surface area (Å²) in [4.78, 5) is 26.2. The molecule has 0 saturated carbocycles. The van der Waals surface area contributed by atoms with E-state index < -0.39 is 11.4 Å². The molecule has 2 aromatic heterocycles. The number of hydrogen-bond donors (Lipinski definition) is 5. The van der Waals surface area contributed by atoms with Crippen LogP contribution >= 0.6 is 0 Å². The maximum absolute atomic E-state index is 15.1. The number of nitrogens with zero attached hydrogens (tertiary/aromatic N) is 2. The fourth-order valence-corrected chi connectivity index (χ4v) is 4.97. The van der Waals surface area contributed by atoms with Crippen LogP contribution in [0.4, 0.5) is 21.5 Å². The van der Waals surface area contributed by atoms with Crippen molar-refractivity contribution in [3.63, 3.8) is 0 Å². The van der Waals surface area contributed by atoms with Crippen LogP contribution in [-0.4, -0.2) is 48.2 Å². The van der Waals surface area contributed by atoms with E-state index in [1.54, 1.807) is 13.2 Å². The first kappa shape index (κ1) is 23.8. The summed E-state index contributed by atoms with van der Waals surface area (Å²) in [6.07, 6.45) is 0. The number of piperazine rings is 1. The summed E-state index contributed by atoms with van der Waals surface area (Å²) in [6.45, 7) is 4.48. The molecule has 5 aromatic rings. The van der Waals surface area contributed by atoms with E-state index in [-0.39, 0.29) is 16.9 Å². The summed E-state index contributed by atoms with van der Waals surface area (Å²) in [7, 11) is 1.61. The number of imidazole rings is 1. The zero-order valence-electron chi connectivity index (χ0n) is 21.0. The first-order valence-corrected chi connectivity index (χ1v) is 12.6. The predicted molar refractivity (Wildman–Crippen MR) is 148 cm³/mol. The minimum absolute atomic E-state index is 0.176. The average Bonchev–Trinajstić information content (AvgIpc) is 3.36. The minimum Gasteiger partial charge on any atom is -0.497 e. The Balaban J connectivity index is 1.32. The van der Waals surface area contributed by atoms with E-state index in [0.717, 1.165) is 54.2 Å². The van der Waals surface area contributed by atoms with Gasteiger partial charge in [0.15, 0.2) is 0 Å². The number of rotatable bonds is 6. The Hall–Kier alpha value is -4.57. The van der Waals surface area contributed by atoms with Gasteiger partial charge in [-0.05, 0) is 48.0 Å². The summed E-state index contributed by atoms with van der Waals surface area (Å²) in [5.74, 6) is 0.635. The number of halogens is 1. The lowest BCUT2D eigenvalue weighted by molar-refractivity contribution is -0.655. The van der Waals surface area contributed by atoms with Gasteiger partial charge in [0.2, 0.25) is 0 Å². The summed E-state index contributed by atoms with van der Waals surface area (Å²) in [5, 5.41) is 5.81. The van der Waals surface area contributed by atoms with Crippen molar-refractivity contribution >= 4 is 39.0 Å². The van der Waals surface area contributed by atoms with E-state index in [0.29, 0.717) is 23.3 Å². The van der Waals surface area contributed by atoms with Gasteiger partial charge in [-0.1, -0.05) is 12.1 Å². The first-order valence-electron chi connectivity index (χ1n) is 12.6. The third-order valence-electron chi connectivity index (χ3n) is 7.06. The molecule has 9 nitrogen and oxygen atoms in total. The quantitative estimate of drug-likeness (QED) is 0.237. The van der Waals surface area contributed by atoms with Crippen molar-refractivity contribution in [3.8, 4) is 17.1 Å². The molecular formula is C28H29FN7O2+. The number of anilines is 3. The van der Waals surface area contributed by atoms with Crippen LogP contribution in [0.1, 0.15) is 5.56 Å². The van der Waals surface area contributed by atoms with Crippen LogP contribution in [-0.2, 0) is 6.54 Å². The normalized spacial score (nSPS) is 13.8. The van der Waals surface area contributed by atoms with Gasteiger partial charge in [0.05, 0.1) is 61.2 Å². The number of fused-ring (bicyclic) bond motifs is 2. The van der Waals surface area contributed by atoms with Gasteiger partial charge in [0.1, 0.15) is 23.0 Å². The van der Waals surface area contributed by atoms with Crippen molar-refractivity contribution in [1.82, 2.24) is 15.0 Å². The number of ether oxygens (including phenoxy) is 1. The Kier molecular flexibility index (Phi) is 6.09. The lowest BCUT2D eigenvalue weighted by atomic mass is 10.1. The number of quaternary nitrogens is 1. The van der Waals surface area contributed by atoms with E-state index in [1.807, 2.05) is 42.5 Å². The summed E-state index contributed by atoms with van der Waals surface area (Å²) in [6, 6.07) is 16.4. The number of aromatic nitrogens is 3. The molecule has 7 N–H and O–H groups in total. The van der Waals surface area contributed by atoms with Crippen molar-refractivity contribution in [1.29, 1.82) is 0 Å². The number of pyridine rings is 1. The second-order valence-corrected chi connectivity index (χ2v) is 9.46. The standard InChI is InChI=1S/C28H28FN7O2/c1-38-18-5-2-16(3-6-18)15-32-23-14-22-19(13-20(23)29)26(30)25(28(37)35-22)27-33-21-7-4-17(12-24(21)34-27)36-10-8-31-9-11-36/h2-7,12-14,31-32H,8-11,15H2,1H3,(H,33,34)(H3,30,35,37)/p+1. The Morgan fingerprint density at radius 3 is 2.63 bits per heavy atom. The Morgan fingerprint density at radius 2 is 1.87 bits per heavy atom. The number of methoxy groups -OCH3 is 1. The molecule has 10 heteroatoms. The number of nitrogens with two attached hydrogens (primary N) is 2. The number of nitrogen functional groups attached to an aromatic ring is 1. The third kappa shape index (κ3) is 4.39. The number of benzene rings is 3. The van der Waals surface area contributed by atoms with Gasteiger partial charge in [-0.3, -0.25) is 4.79 Å². The molecule has 3 heterocycles. The second-order valence-electron chi connectivity index (χ2n) is 9.46. The van der Waals surface area contributed by atoms with E-state index in [2.05, 4.69) is 30.5 Å². The van der Waals surface area contributed by atoms with E-state index in [9.17, 15) is 4.79 Å². The second kappa shape index (κ2) is 9.71. The lowest BCUT2D eigenvalue weighted by Crippen LogP contribution is -2.89. The molecule has 194 valence electrons. The maximum Gasteiger partial charge on any atom is 0.261 e. The van der Waals surface area contributed by atoms with Gasteiger partial charge in [-0.15, -0.1) is 0 Å². The fraction of sp³-hybridized carbons (Fsp3) is 0.214. The third-order valence-corrected chi connectivity index (χ3v) is 7.06. The van der Waals surface area contributed by atoms with Crippen LogP contribution in [0.3, 0.4) is 0 Å². The van der Waals surface area contributed by atoms with Crippen molar-refractivity contribution in [2.45, 2.75) is 6.54 Å². The van der Waals surface area contributed by atoms with Gasteiger partial charge in [-0.25, -0.2) is 9.37 Å². The number of nitrogens with one attached hydrogen (secondary N) is 3. The highest BCUT2D eigenvalue weighted by Crippen LogP contribution is 2.32. The number of aromatic amines is 2. The zero-order chi connectivity index (χ0) is 26.2. The molecule has 0 atom stereocenters. The Bertz CT molecular complexity index is 1690. The van der Waals surface area contributed by atoms with Gasteiger partial charge in [0.25, 0.3) is 5.56 Å². The Labute approximate surface area is 217 Å². The summed E-state index contributed by atoms with van der Waals surface area (Å²) < 4.78 is 20.3. The molecule has 3 aromatic carbocycles. The van der Waals surface area contributed by atoms with Crippen LogP contribution in [0.15, 0.2) is 59.4 Å². The van der Waals surface area contributed by atoms with E-state index in [4.69, 9.17) is 10.5 Å². The SMILES string of the molecule is COc1ccc(CNc2cc3[nH]c(=O)c(-c4nc5ccc(N6CC[NH2+]CC6)cc5[nH]4)c(N)c3cc2F)cc1. The molecule has 0 spiro atoms. The molecule has 0 unspecified atom stereocenters. The van der Waals surface area contributed by atoms with E-state index in [1.165, 1.54) is 6.07 Å². The molecule has 0 amide bonds. The molecular weight excluding hydrogens is 485 g/mol. The Morgan fingerprint density at radius 1 is 1.08 bits per heavy atom. The molecule has 1 saturated heterocycles. The molecule has 1 aliphatic rings. The number of hydrogen-bond acceptors (Lipinski definition) is 6. The minimum atomic E-state index is -0.469. The van der Waals surface area contributed by atoms with Crippen LogP contribution < -0.4 is 31.6 Å². The highest BCUT2D eigenvalue weighted by atomic mass is 19.1. The van der Waals surface area contributed by atoms with Crippen molar-refractivity contribution in [2.24, 2.45) is 0 Å². The van der Waals surface area contributed by atoms with Crippen molar-refractivity contribution < 1.29 is 14.4 Å². The van der Waals surface area contributed by atoms with Gasteiger partial charge in [-0.2, -0.15) is 0 Å². The van der Waals surface area contributed by atoms with Crippen molar-refractivity contribution in [2.75, 3.05) is 49.2 Å². The van der Waals surface area contributed by atoms with Gasteiger partial charge < -0.3 is 36.0 Å². The lowest BCUT2D eigenvalue weighted by Gasteiger charge is -2.27. The van der Waals surface area contributed by atoms with Crippen LogP contribution in [0.2, 0.25) is 0 Å². The smallest absolute Gasteiger partial charge is 0.261 e. The fourth-order valence-electron chi connectivity index (χ4n) is 4.97. The molecule has 0 radical (unpaired) electrons. The van der Waals surface area contributed by atoms with Crippen LogP contribution in [0.5, 0.6) is 5.75 Å². The average molecular weight is 515 g/mol. The van der Waals surface area contributed by atoms with Crippen LogP contribution in [0, 0.1) is 5.82 Å². The number of H-pyrrole nitrogens is 2. The summed E-state index contributed by atoms with van der Waals surface area (Å²) >= 11 is 0. The summed E-state index contributed by atoms with van der Waals surface area (Å²) in [5.41, 5.74) is 10.7. The molecule has 6 rings (SSSR count). The molecule has 0 bridgehead atoms. The monoisotopic (exact) mass is 514 g/mol. The molecule has 38 heavy (non-hydrogen) atoms. The molecule has 1 aliphatic heterocycles. The van der Waals surface area contributed by atoms with Gasteiger partial charge in [0, 0.05) is 17.6 Å². The molecule has 1 fully saturated rings. The topological polar surface area (TPSA) is 129 Å². The van der Waals surface area contributed by atoms with Crippen molar-refractivity contribution in [3.05, 3.63) is 76.3 Å². The highest BCUT2D eigenvalue weighted by molar-refractivity contribution is 5.99. The first-order chi connectivity index (χ1) is 18.5. The highest BCUT2D eigenvalue weighted by Gasteiger charge is 2.19. The maximum atomic E-state index is 15.1. The zero-order valence-corrected chi connectivity index (χ0v) is 21.0.